The lowest BCUT2D eigenvalue weighted by atomic mass is 10.1. The van der Waals surface area contributed by atoms with Gasteiger partial charge in [-0.15, -0.1) is 0 Å². The SMILES string of the molecule is Cc1ccccc1Cl.POc1ccccc1-c1ccccc1. The summed E-state index contributed by atoms with van der Waals surface area (Å²) in [5.74, 6) is 0.878. The molecule has 1 nitrogen and oxygen atoms in total. The Morgan fingerprint density at radius 2 is 1.36 bits per heavy atom. The second kappa shape index (κ2) is 8.58. The summed E-state index contributed by atoms with van der Waals surface area (Å²) in [6, 6.07) is 25.9. The molecule has 1 unspecified atom stereocenters. The van der Waals surface area contributed by atoms with Crippen LogP contribution in [0.4, 0.5) is 0 Å². The van der Waals surface area contributed by atoms with Gasteiger partial charge in [0.15, 0.2) is 0 Å². The maximum Gasteiger partial charge on any atom is 0.130 e. The number of hydrogen-bond acceptors (Lipinski definition) is 1. The molecule has 0 bridgehead atoms. The Kier molecular flexibility index (Phi) is 6.45. The quantitative estimate of drug-likeness (QED) is 0.511. The zero-order valence-electron chi connectivity index (χ0n) is 12.4. The lowest BCUT2D eigenvalue weighted by Gasteiger charge is -2.07. The molecule has 0 fully saturated rings. The van der Waals surface area contributed by atoms with Crippen molar-refractivity contribution < 1.29 is 4.52 Å². The Morgan fingerprint density at radius 3 is 1.95 bits per heavy atom. The first-order chi connectivity index (χ1) is 10.7. The third-order valence-corrected chi connectivity index (χ3v) is 3.85. The smallest absolute Gasteiger partial charge is 0.130 e. The van der Waals surface area contributed by atoms with E-state index in [2.05, 4.69) is 27.7 Å². The number of rotatable bonds is 2. The predicted octanol–water partition coefficient (Wildman–Crippen LogP) is 6.17. The maximum atomic E-state index is 5.71. The molecule has 3 rings (SSSR count). The van der Waals surface area contributed by atoms with Crippen LogP contribution in [0.3, 0.4) is 0 Å². The Hall–Kier alpha value is -1.82. The monoisotopic (exact) mass is 328 g/mol. The minimum atomic E-state index is 0.840. The lowest BCUT2D eigenvalue weighted by molar-refractivity contribution is 0.648. The normalized spacial score (nSPS) is 9.59. The number of benzene rings is 3. The van der Waals surface area contributed by atoms with Crippen LogP contribution in [0.25, 0.3) is 11.1 Å². The van der Waals surface area contributed by atoms with E-state index in [0.29, 0.717) is 0 Å². The topological polar surface area (TPSA) is 9.23 Å². The van der Waals surface area contributed by atoms with E-state index in [1.54, 1.807) is 0 Å². The summed E-state index contributed by atoms with van der Waals surface area (Å²) in [6.45, 7) is 1.99. The molecule has 0 aliphatic heterocycles. The van der Waals surface area contributed by atoms with Gasteiger partial charge >= 0.3 is 0 Å². The molecule has 0 saturated heterocycles. The van der Waals surface area contributed by atoms with E-state index in [1.807, 2.05) is 67.6 Å². The summed E-state index contributed by atoms with van der Waals surface area (Å²) in [5, 5.41) is 0.840. The highest BCUT2D eigenvalue weighted by Gasteiger charge is 2.02. The molecule has 0 amide bonds. The molecule has 1 atom stereocenters. The third kappa shape index (κ3) is 4.59. The predicted molar refractivity (Wildman–Crippen MR) is 98.4 cm³/mol. The van der Waals surface area contributed by atoms with Gasteiger partial charge in [-0.05, 0) is 30.2 Å². The fourth-order valence-corrected chi connectivity index (χ4v) is 2.32. The summed E-state index contributed by atoms with van der Waals surface area (Å²) in [4.78, 5) is 0. The molecule has 0 aliphatic carbocycles. The van der Waals surface area contributed by atoms with Crippen LogP contribution in [0.1, 0.15) is 5.56 Å². The van der Waals surface area contributed by atoms with Crippen molar-refractivity contribution in [3.63, 3.8) is 0 Å². The third-order valence-electron chi connectivity index (χ3n) is 3.18. The Balaban J connectivity index is 0.000000188. The molecule has 3 aromatic carbocycles. The molecule has 0 saturated carbocycles. The number of hydrogen-bond donors (Lipinski definition) is 0. The molecule has 3 heteroatoms. The van der Waals surface area contributed by atoms with E-state index in [9.17, 15) is 0 Å². The van der Waals surface area contributed by atoms with Gasteiger partial charge in [-0.1, -0.05) is 78.3 Å². The molecule has 0 heterocycles. The van der Waals surface area contributed by atoms with Crippen molar-refractivity contribution in [3.8, 4) is 16.9 Å². The van der Waals surface area contributed by atoms with Crippen molar-refractivity contribution in [2.75, 3.05) is 0 Å². The highest BCUT2D eigenvalue weighted by Crippen LogP contribution is 2.30. The van der Waals surface area contributed by atoms with Crippen molar-refractivity contribution in [3.05, 3.63) is 89.4 Å². The van der Waals surface area contributed by atoms with Gasteiger partial charge in [0.1, 0.15) is 5.75 Å². The van der Waals surface area contributed by atoms with Gasteiger partial charge < -0.3 is 4.52 Å². The van der Waals surface area contributed by atoms with Crippen molar-refractivity contribution in [1.29, 1.82) is 0 Å². The summed E-state index contributed by atoms with van der Waals surface area (Å²) in [6.07, 6.45) is 0. The average Bonchev–Trinajstić information content (AvgIpc) is 2.59. The molecule has 112 valence electrons. The van der Waals surface area contributed by atoms with Crippen molar-refractivity contribution in [2.24, 2.45) is 0 Å². The summed E-state index contributed by atoms with van der Waals surface area (Å²) >= 11 is 5.71. The van der Waals surface area contributed by atoms with E-state index in [0.717, 1.165) is 21.9 Å². The van der Waals surface area contributed by atoms with E-state index in [-0.39, 0.29) is 0 Å². The van der Waals surface area contributed by atoms with Gasteiger partial charge in [-0.25, -0.2) is 0 Å². The molecule has 22 heavy (non-hydrogen) atoms. The maximum absolute atomic E-state index is 5.71. The van der Waals surface area contributed by atoms with Crippen LogP contribution in [0.2, 0.25) is 5.02 Å². The second-order valence-electron chi connectivity index (χ2n) is 4.73. The summed E-state index contributed by atoms with van der Waals surface area (Å²) < 4.78 is 5.22. The van der Waals surface area contributed by atoms with Crippen LogP contribution in [-0.4, -0.2) is 0 Å². The molecule has 0 N–H and O–H groups in total. The Morgan fingerprint density at radius 1 is 0.773 bits per heavy atom. The summed E-state index contributed by atoms with van der Waals surface area (Å²) in [7, 11) is 2.28. The van der Waals surface area contributed by atoms with Crippen LogP contribution in [0, 0.1) is 6.92 Å². The zero-order chi connectivity index (χ0) is 15.8. The Bertz CT molecular complexity index is 692. The first kappa shape index (κ1) is 16.5. The Labute approximate surface area is 139 Å². The standard InChI is InChI=1S/C12H11OP.C7H7Cl/c14-13-12-9-5-4-8-11(12)10-6-2-1-3-7-10;1-6-4-2-3-5-7(6)8/h1-9H,14H2;2-5H,1H3. The molecule has 0 aliphatic rings. The van der Waals surface area contributed by atoms with Crippen LogP contribution in [0.5, 0.6) is 5.75 Å². The van der Waals surface area contributed by atoms with E-state index < -0.39 is 0 Å². The highest BCUT2D eigenvalue weighted by molar-refractivity contribution is 7.10. The fourth-order valence-electron chi connectivity index (χ4n) is 1.98. The molecule has 0 aromatic heterocycles. The molecular weight excluding hydrogens is 311 g/mol. The molecule has 0 spiro atoms. The van der Waals surface area contributed by atoms with Crippen molar-refractivity contribution in [1.82, 2.24) is 0 Å². The van der Waals surface area contributed by atoms with Gasteiger partial charge in [-0.3, -0.25) is 0 Å². The van der Waals surface area contributed by atoms with Crippen molar-refractivity contribution >= 4 is 21.1 Å². The molecule has 3 aromatic rings. The largest absolute Gasteiger partial charge is 0.480 e. The van der Waals surface area contributed by atoms with Crippen molar-refractivity contribution in [2.45, 2.75) is 6.92 Å². The fraction of sp³-hybridized carbons (Fsp3) is 0.0526. The second-order valence-corrected chi connectivity index (χ2v) is 5.37. The molecule has 0 radical (unpaired) electrons. The van der Waals surface area contributed by atoms with Gasteiger partial charge in [0.05, 0.1) is 9.47 Å². The minimum Gasteiger partial charge on any atom is -0.480 e. The van der Waals surface area contributed by atoms with Crippen LogP contribution < -0.4 is 4.52 Å². The minimum absolute atomic E-state index is 0.840. The van der Waals surface area contributed by atoms with Gasteiger partial charge in [0.25, 0.3) is 0 Å². The van der Waals surface area contributed by atoms with Crippen LogP contribution >= 0.6 is 21.1 Å². The first-order valence-electron chi connectivity index (χ1n) is 6.94. The number of para-hydroxylation sites is 1. The van der Waals surface area contributed by atoms with Gasteiger partial charge in [0, 0.05) is 10.6 Å². The van der Waals surface area contributed by atoms with E-state index in [4.69, 9.17) is 16.1 Å². The number of halogens is 1. The first-order valence-corrected chi connectivity index (χ1v) is 7.79. The van der Waals surface area contributed by atoms with E-state index >= 15 is 0 Å². The van der Waals surface area contributed by atoms with E-state index in [1.165, 1.54) is 5.56 Å². The van der Waals surface area contributed by atoms with Gasteiger partial charge in [0.2, 0.25) is 0 Å². The van der Waals surface area contributed by atoms with Gasteiger partial charge in [-0.2, -0.15) is 0 Å². The van der Waals surface area contributed by atoms with Crippen LogP contribution in [0.15, 0.2) is 78.9 Å². The number of aryl methyl sites for hydroxylation is 1. The lowest BCUT2D eigenvalue weighted by Crippen LogP contribution is -1.81. The molecular formula is C19H18ClOP. The highest BCUT2D eigenvalue weighted by atomic mass is 35.5. The zero-order valence-corrected chi connectivity index (χ0v) is 14.3. The average molecular weight is 329 g/mol. The van der Waals surface area contributed by atoms with Crippen LogP contribution in [-0.2, 0) is 0 Å². The summed E-state index contributed by atoms with van der Waals surface area (Å²) in [5.41, 5.74) is 3.42.